The zero-order valence-corrected chi connectivity index (χ0v) is 17.3. The molecule has 7 N–H and O–H groups in total. The van der Waals surface area contributed by atoms with Crippen molar-refractivity contribution < 1.29 is 35.6 Å². The van der Waals surface area contributed by atoms with Gasteiger partial charge in [-0.2, -0.15) is 22.0 Å². The molecule has 2 heterocycles. The highest BCUT2D eigenvalue weighted by Gasteiger charge is 2.59. The molecule has 0 aliphatic rings. The van der Waals surface area contributed by atoms with E-state index in [1.807, 2.05) is 0 Å². The van der Waals surface area contributed by atoms with Crippen molar-refractivity contribution >= 4 is 27.6 Å². The number of sulfone groups is 1. The lowest BCUT2D eigenvalue weighted by Gasteiger charge is -2.19. The van der Waals surface area contributed by atoms with Gasteiger partial charge < -0.3 is 27.0 Å². The minimum absolute atomic E-state index is 0.0559. The molecule has 0 spiro atoms. The summed E-state index contributed by atoms with van der Waals surface area (Å²) < 4.78 is 90.8. The number of allylic oxidation sites excluding steroid dienone is 1. The Morgan fingerprint density at radius 2 is 1.88 bits per heavy atom. The molecule has 0 aromatic carbocycles. The number of rotatable bonds is 6. The van der Waals surface area contributed by atoms with Gasteiger partial charge in [0.2, 0.25) is 0 Å². The van der Waals surface area contributed by atoms with Crippen LogP contribution >= 0.6 is 0 Å². The summed E-state index contributed by atoms with van der Waals surface area (Å²) in [6.45, 7) is 1.33. The van der Waals surface area contributed by atoms with Gasteiger partial charge in [-0.25, -0.2) is 13.4 Å². The Kier molecular flexibility index (Phi) is 6.40. The Balaban J connectivity index is 2.75. The molecule has 176 valence electrons. The van der Waals surface area contributed by atoms with Crippen molar-refractivity contribution in [2.45, 2.75) is 23.9 Å². The van der Waals surface area contributed by atoms with E-state index in [2.05, 4.69) is 15.1 Å². The molecule has 0 amide bonds. The van der Waals surface area contributed by atoms with E-state index < -0.39 is 49.8 Å². The van der Waals surface area contributed by atoms with Crippen molar-refractivity contribution in [1.82, 2.24) is 14.5 Å². The molecule has 0 aliphatic heterocycles. The third-order valence-electron chi connectivity index (χ3n) is 4.36. The molecular formula is C16H18F5N7O3S. The van der Waals surface area contributed by atoms with Crippen LogP contribution in [0.25, 0.3) is 17.6 Å². The van der Waals surface area contributed by atoms with E-state index in [1.165, 1.54) is 14.0 Å². The van der Waals surface area contributed by atoms with E-state index in [-0.39, 0.29) is 29.0 Å². The molecule has 0 bridgehead atoms. The summed E-state index contributed by atoms with van der Waals surface area (Å²) in [5.74, 6) is -6.84. The Morgan fingerprint density at radius 3 is 2.38 bits per heavy atom. The van der Waals surface area contributed by atoms with E-state index >= 15 is 0 Å². The highest BCUT2D eigenvalue weighted by molar-refractivity contribution is 7.91. The summed E-state index contributed by atoms with van der Waals surface area (Å²) in [6.07, 6.45) is -4.66. The van der Waals surface area contributed by atoms with E-state index in [0.29, 0.717) is 0 Å². The summed E-state index contributed by atoms with van der Waals surface area (Å²) in [4.78, 5) is 7.39. The first kappa shape index (κ1) is 24.8. The number of halogens is 5. The summed E-state index contributed by atoms with van der Waals surface area (Å²) in [7, 11) is -2.73. The molecule has 32 heavy (non-hydrogen) atoms. The fourth-order valence-corrected chi connectivity index (χ4v) is 3.51. The SMILES string of the molecule is CCS(=O)(=O)c1cc(/C(N)=N\O)cnc1-c1nc(/C=C(\N)C(F)(F)C(F)(F)F)c(N)n1C. The van der Waals surface area contributed by atoms with Gasteiger partial charge in [0.25, 0.3) is 0 Å². The molecule has 10 nitrogen and oxygen atoms in total. The maximum atomic E-state index is 13.5. The molecule has 2 aromatic rings. The molecule has 16 heteroatoms. The molecule has 0 saturated heterocycles. The van der Waals surface area contributed by atoms with Crippen molar-refractivity contribution in [3.05, 3.63) is 29.2 Å². The highest BCUT2D eigenvalue weighted by Crippen LogP contribution is 2.40. The Hall–Kier alpha value is -3.43. The summed E-state index contributed by atoms with van der Waals surface area (Å²) in [5, 5.41) is 11.6. The number of nitrogen functional groups attached to an aromatic ring is 1. The standard InChI is InChI=1S/C16H18F5N7O3S/c1-3-32(30,31)9-4-7(12(23)27-29)6-25-11(9)14-26-8(13(24)28(14)2)5-10(22)15(17,18)16(19,20)21/h4-6,29H,3,22,24H2,1-2H3,(H2,23,27)/b10-5-. The van der Waals surface area contributed by atoms with E-state index in [9.17, 15) is 30.4 Å². The third kappa shape index (κ3) is 4.30. The first-order valence-electron chi connectivity index (χ1n) is 8.53. The van der Waals surface area contributed by atoms with Gasteiger partial charge in [0.15, 0.2) is 21.5 Å². The second-order valence-electron chi connectivity index (χ2n) is 6.40. The van der Waals surface area contributed by atoms with Gasteiger partial charge in [0.1, 0.15) is 17.2 Å². The molecule has 0 atom stereocenters. The van der Waals surface area contributed by atoms with E-state index in [4.69, 9.17) is 22.4 Å². The van der Waals surface area contributed by atoms with Gasteiger partial charge >= 0.3 is 12.1 Å². The lowest BCUT2D eigenvalue weighted by Crippen LogP contribution is -2.41. The normalized spacial score (nSPS) is 14.1. The fourth-order valence-electron chi connectivity index (χ4n) is 2.45. The second kappa shape index (κ2) is 8.25. The van der Waals surface area contributed by atoms with Crippen LogP contribution in [0.1, 0.15) is 18.2 Å². The van der Waals surface area contributed by atoms with E-state index in [0.717, 1.165) is 16.8 Å². The van der Waals surface area contributed by atoms with Crippen LogP contribution in [0.15, 0.2) is 28.0 Å². The summed E-state index contributed by atoms with van der Waals surface area (Å²) >= 11 is 0. The Morgan fingerprint density at radius 1 is 1.28 bits per heavy atom. The minimum Gasteiger partial charge on any atom is -0.409 e. The van der Waals surface area contributed by atoms with Crippen molar-refractivity contribution in [2.24, 2.45) is 23.7 Å². The van der Waals surface area contributed by atoms with Crippen LogP contribution in [-0.2, 0) is 16.9 Å². The van der Waals surface area contributed by atoms with Crippen molar-refractivity contribution in [1.29, 1.82) is 0 Å². The quantitative estimate of drug-likeness (QED) is 0.157. The zero-order chi connectivity index (χ0) is 24.6. The number of aromatic nitrogens is 3. The van der Waals surface area contributed by atoms with Gasteiger partial charge in [0, 0.05) is 18.8 Å². The summed E-state index contributed by atoms with van der Waals surface area (Å²) in [6, 6.07) is 1.04. The number of oxime groups is 1. The number of imidazole rings is 1. The number of pyridine rings is 1. The number of hydrogen-bond acceptors (Lipinski definition) is 8. The number of nitrogens with two attached hydrogens (primary N) is 3. The van der Waals surface area contributed by atoms with Crippen LogP contribution in [0, 0.1) is 0 Å². The average molecular weight is 483 g/mol. The first-order chi connectivity index (χ1) is 14.6. The average Bonchev–Trinajstić information content (AvgIpc) is 3.00. The van der Waals surface area contributed by atoms with Crippen LogP contribution in [0.3, 0.4) is 0 Å². The Labute approximate surface area is 178 Å². The van der Waals surface area contributed by atoms with Crippen LogP contribution in [0.5, 0.6) is 0 Å². The number of hydrogen-bond donors (Lipinski definition) is 4. The molecular weight excluding hydrogens is 465 g/mol. The van der Waals surface area contributed by atoms with Gasteiger partial charge in [-0.05, 0) is 12.1 Å². The topological polar surface area (TPSA) is 176 Å². The first-order valence-corrected chi connectivity index (χ1v) is 10.2. The predicted molar refractivity (Wildman–Crippen MR) is 104 cm³/mol. The minimum atomic E-state index is -5.95. The molecule has 2 rings (SSSR count). The van der Waals surface area contributed by atoms with Crippen molar-refractivity contribution in [2.75, 3.05) is 11.5 Å². The monoisotopic (exact) mass is 483 g/mol. The molecule has 0 saturated carbocycles. The summed E-state index contributed by atoms with van der Waals surface area (Å²) in [5.41, 5.74) is 13.4. The molecule has 0 unspecified atom stereocenters. The fraction of sp³-hybridized carbons (Fsp3) is 0.312. The smallest absolute Gasteiger partial charge is 0.409 e. The third-order valence-corrected chi connectivity index (χ3v) is 6.10. The largest absolute Gasteiger partial charge is 0.459 e. The number of anilines is 1. The molecule has 0 radical (unpaired) electrons. The van der Waals surface area contributed by atoms with Crippen molar-refractivity contribution in [3.8, 4) is 11.5 Å². The van der Waals surface area contributed by atoms with E-state index in [1.54, 1.807) is 0 Å². The van der Waals surface area contributed by atoms with Crippen LogP contribution in [-0.4, -0.2) is 51.8 Å². The lowest BCUT2D eigenvalue weighted by atomic mass is 10.2. The number of amidine groups is 1. The van der Waals surface area contributed by atoms with Gasteiger partial charge in [-0.3, -0.25) is 4.98 Å². The second-order valence-corrected chi connectivity index (χ2v) is 8.64. The Bertz CT molecular complexity index is 1200. The predicted octanol–water partition coefficient (Wildman–Crippen LogP) is 1.45. The van der Waals surface area contributed by atoms with Crippen LogP contribution < -0.4 is 17.2 Å². The highest BCUT2D eigenvalue weighted by atomic mass is 32.2. The van der Waals surface area contributed by atoms with Gasteiger partial charge in [-0.15, -0.1) is 0 Å². The molecule has 2 aromatic heterocycles. The lowest BCUT2D eigenvalue weighted by molar-refractivity contribution is -0.264. The van der Waals surface area contributed by atoms with Gasteiger partial charge in [-0.1, -0.05) is 12.1 Å². The maximum absolute atomic E-state index is 13.5. The number of nitrogens with zero attached hydrogens (tertiary/aromatic N) is 4. The molecule has 0 aliphatic carbocycles. The zero-order valence-electron chi connectivity index (χ0n) is 16.5. The van der Waals surface area contributed by atoms with Crippen LogP contribution in [0.4, 0.5) is 27.8 Å². The maximum Gasteiger partial charge on any atom is 0.459 e. The van der Waals surface area contributed by atoms with Crippen molar-refractivity contribution in [3.63, 3.8) is 0 Å². The number of alkyl halides is 5. The van der Waals surface area contributed by atoms with Crippen LogP contribution in [0.2, 0.25) is 0 Å². The van der Waals surface area contributed by atoms with Gasteiger partial charge in [0.05, 0.1) is 16.3 Å². The molecule has 0 fully saturated rings.